The molecule has 0 saturated carbocycles. The number of hydrogen-bond acceptors (Lipinski definition) is 2. The fourth-order valence-corrected chi connectivity index (χ4v) is 2.97. The lowest BCUT2D eigenvalue weighted by molar-refractivity contribution is 0.0951. The number of halogens is 2. The maximum Gasteiger partial charge on any atom is 0.251 e. The monoisotopic (exact) mass is 345 g/mol. The van der Waals surface area contributed by atoms with Crippen molar-refractivity contribution in [3.05, 3.63) is 29.6 Å². The van der Waals surface area contributed by atoms with E-state index in [-0.39, 0.29) is 16.5 Å². The molecule has 0 fully saturated rings. The zero-order valence-corrected chi connectivity index (χ0v) is 13.7. The van der Waals surface area contributed by atoms with E-state index in [4.69, 9.17) is 4.74 Å². The van der Waals surface area contributed by atoms with Gasteiger partial charge in [-0.25, -0.2) is 4.39 Å². The fraction of sp³-hybridized carbons (Fsp3) is 0.533. The van der Waals surface area contributed by atoms with Gasteiger partial charge in [-0.1, -0.05) is 42.6 Å². The Morgan fingerprint density at radius 2 is 2.05 bits per heavy atom. The SMILES string of the molecule is CCC(CC)C(Br)CNC(=O)c1ccc(F)c(OC)c1. The van der Waals surface area contributed by atoms with Gasteiger partial charge in [0.1, 0.15) is 0 Å². The first-order valence-corrected chi connectivity index (χ1v) is 7.70. The average Bonchev–Trinajstić information content (AvgIpc) is 2.46. The number of hydrogen-bond donors (Lipinski definition) is 1. The number of ether oxygens (including phenoxy) is 1. The van der Waals surface area contributed by atoms with Crippen molar-refractivity contribution in [1.82, 2.24) is 5.32 Å². The minimum absolute atomic E-state index is 0.0769. The summed E-state index contributed by atoms with van der Waals surface area (Å²) < 4.78 is 18.2. The lowest BCUT2D eigenvalue weighted by atomic mass is 9.99. The molecular formula is C15H21BrFNO2. The average molecular weight is 346 g/mol. The van der Waals surface area contributed by atoms with Crippen molar-refractivity contribution in [1.29, 1.82) is 0 Å². The van der Waals surface area contributed by atoms with Crippen LogP contribution in [0.5, 0.6) is 5.75 Å². The van der Waals surface area contributed by atoms with Crippen molar-refractivity contribution in [2.45, 2.75) is 31.5 Å². The molecule has 1 aromatic carbocycles. The van der Waals surface area contributed by atoms with E-state index in [0.29, 0.717) is 18.0 Å². The first kappa shape index (κ1) is 17.0. The molecule has 1 aromatic rings. The third kappa shape index (κ3) is 4.47. The normalized spacial score (nSPS) is 12.3. The summed E-state index contributed by atoms with van der Waals surface area (Å²) in [6.07, 6.45) is 2.12. The van der Waals surface area contributed by atoms with Gasteiger partial charge < -0.3 is 10.1 Å². The van der Waals surface area contributed by atoms with Gasteiger partial charge in [0.05, 0.1) is 7.11 Å². The Morgan fingerprint density at radius 1 is 1.40 bits per heavy atom. The molecule has 0 bridgehead atoms. The molecule has 3 nitrogen and oxygen atoms in total. The topological polar surface area (TPSA) is 38.3 Å². The van der Waals surface area contributed by atoms with Crippen LogP contribution >= 0.6 is 15.9 Å². The van der Waals surface area contributed by atoms with Gasteiger partial charge >= 0.3 is 0 Å². The second kappa shape index (κ2) is 8.25. The quantitative estimate of drug-likeness (QED) is 0.764. The Labute approximate surface area is 128 Å². The van der Waals surface area contributed by atoms with Gasteiger partial charge in [0.15, 0.2) is 11.6 Å². The Kier molecular flexibility index (Phi) is 6.99. The number of alkyl halides is 1. The number of rotatable bonds is 7. The molecule has 1 rings (SSSR count). The van der Waals surface area contributed by atoms with Crippen molar-refractivity contribution in [2.75, 3.05) is 13.7 Å². The number of benzene rings is 1. The van der Waals surface area contributed by atoms with E-state index < -0.39 is 5.82 Å². The Morgan fingerprint density at radius 3 is 2.60 bits per heavy atom. The number of nitrogens with one attached hydrogen (secondary N) is 1. The Balaban J connectivity index is 2.63. The van der Waals surface area contributed by atoms with Crippen LogP contribution in [0, 0.1) is 11.7 Å². The molecule has 0 aliphatic heterocycles. The van der Waals surface area contributed by atoms with E-state index in [1.165, 1.54) is 25.3 Å². The number of carbonyl (C=O) groups is 1. The van der Waals surface area contributed by atoms with Gasteiger partial charge in [-0.15, -0.1) is 0 Å². The molecule has 1 atom stereocenters. The van der Waals surface area contributed by atoms with Gasteiger partial charge in [0.2, 0.25) is 0 Å². The highest BCUT2D eigenvalue weighted by atomic mass is 79.9. The van der Waals surface area contributed by atoms with Crippen LogP contribution in [0.3, 0.4) is 0 Å². The van der Waals surface area contributed by atoms with E-state index >= 15 is 0 Å². The van der Waals surface area contributed by atoms with Gasteiger partial charge in [0, 0.05) is 16.9 Å². The van der Waals surface area contributed by atoms with Crippen molar-refractivity contribution in [3.63, 3.8) is 0 Å². The first-order valence-electron chi connectivity index (χ1n) is 6.79. The molecular weight excluding hydrogens is 325 g/mol. The second-order valence-electron chi connectivity index (χ2n) is 4.65. The van der Waals surface area contributed by atoms with E-state index in [1.807, 2.05) is 0 Å². The summed E-state index contributed by atoms with van der Waals surface area (Å²) in [4.78, 5) is 12.3. The van der Waals surface area contributed by atoms with Gasteiger partial charge in [0.25, 0.3) is 5.91 Å². The largest absolute Gasteiger partial charge is 0.494 e. The van der Waals surface area contributed by atoms with E-state index in [9.17, 15) is 9.18 Å². The van der Waals surface area contributed by atoms with Crippen LogP contribution in [0.4, 0.5) is 4.39 Å². The molecule has 5 heteroatoms. The maximum absolute atomic E-state index is 13.3. The molecule has 0 saturated heterocycles. The lowest BCUT2D eigenvalue weighted by Gasteiger charge is -2.20. The maximum atomic E-state index is 13.3. The van der Waals surface area contributed by atoms with Crippen LogP contribution in [0.15, 0.2) is 18.2 Å². The molecule has 0 aliphatic rings. The minimum Gasteiger partial charge on any atom is -0.494 e. The standard InChI is InChI=1S/C15H21BrFNO2/c1-4-10(5-2)12(16)9-18-15(19)11-6-7-13(17)14(8-11)20-3/h6-8,10,12H,4-5,9H2,1-3H3,(H,18,19). The molecule has 0 aromatic heterocycles. The number of amides is 1. The number of methoxy groups -OCH3 is 1. The molecule has 20 heavy (non-hydrogen) atoms. The van der Waals surface area contributed by atoms with Crippen molar-refractivity contribution in [2.24, 2.45) is 5.92 Å². The molecule has 0 heterocycles. The van der Waals surface area contributed by atoms with E-state index in [1.54, 1.807) is 0 Å². The molecule has 1 unspecified atom stereocenters. The van der Waals surface area contributed by atoms with Crippen LogP contribution < -0.4 is 10.1 Å². The summed E-state index contributed by atoms with van der Waals surface area (Å²) in [6.45, 7) is 4.81. The zero-order valence-electron chi connectivity index (χ0n) is 12.1. The summed E-state index contributed by atoms with van der Waals surface area (Å²) in [6, 6.07) is 4.10. The highest BCUT2D eigenvalue weighted by molar-refractivity contribution is 9.09. The molecule has 1 amide bonds. The van der Waals surface area contributed by atoms with E-state index in [2.05, 4.69) is 35.1 Å². The first-order chi connectivity index (χ1) is 9.53. The summed E-state index contributed by atoms with van der Waals surface area (Å²) in [5.41, 5.74) is 0.396. The molecule has 0 radical (unpaired) electrons. The van der Waals surface area contributed by atoms with Crippen LogP contribution in [-0.4, -0.2) is 24.4 Å². The van der Waals surface area contributed by atoms with Crippen LogP contribution in [0.1, 0.15) is 37.0 Å². The third-order valence-corrected chi connectivity index (χ3v) is 4.50. The lowest BCUT2D eigenvalue weighted by Crippen LogP contribution is -2.32. The molecule has 1 N–H and O–H groups in total. The predicted molar refractivity (Wildman–Crippen MR) is 82.1 cm³/mol. The Bertz CT molecular complexity index is 449. The second-order valence-corrected chi connectivity index (χ2v) is 5.83. The van der Waals surface area contributed by atoms with Gasteiger partial charge in [-0.05, 0) is 24.1 Å². The highest BCUT2D eigenvalue weighted by Gasteiger charge is 2.17. The summed E-state index contributed by atoms with van der Waals surface area (Å²) in [5, 5.41) is 2.85. The van der Waals surface area contributed by atoms with Crippen molar-refractivity contribution in [3.8, 4) is 5.75 Å². The smallest absolute Gasteiger partial charge is 0.251 e. The molecule has 112 valence electrons. The van der Waals surface area contributed by atoms with E-state index in [0.717, 1.165) is 12.8 Å². The van der Waals surface area contributed by atoms with Crippen LogP contribution in [0.25, 0.3) is 0 Å². The van der Waals surface area contributed by atoms with Gasteiger partial charge in [-0.3, -0.25) is 4.79 Å². The Hall–Kier alpha value is -1.10. The zero-order chi connectivity index (χ0) is 15.1. The van der Waals surface area contributed by atoms with Crippen molar-refractivity contribution < 1.29 is 13.9 Å². The fourth-order valence-electron chi connectivity index (χ4n) is 2.06. The van der Waals surface area contributed by atoms with Crippen molar-refractivity contribution >= 4 is 21.8 Å². The highest BCUT2D eigenvalue weighted by Crippen LogP contribution is 2.20. The number of carbonyl (C=O) groups excluding carboxylic acids is 1. The molecule has 0 spiro atoms. The minimum atomic E-state index is -0.473. The summed E-state index contributed by atoms with van der Waals surface area (Å²) >= 11 is 3.61. The summed E-state index contributed by atoms with van der Waals surface area (Å²) in [7, 11) is 1.38. The predicted octanol–water partition coefficient (Wildman–Crippen LogP) is 3.76. The molecule has 0 aliphatic carbocycles. The summed E-state index contributed by atoms with van der Waals surface area (Å²) in [5.74, 6) is -0.0933. The van der Waals surface area contributed by atoms with Crippen LogP contribution in [0.2, 0.25) is 0 Å². The van der Waals surface area contributed by atoms with Crippen LogP contribution in [-0.2, 0) is 0 Å². The van der Waals surface area contributed by atoms with Gasteiger partial charge in [-0.2, -0.15) is 0 Å². The third-order valence-electron chi connectivity index (χ3n) is 3.43.